The van der Waals surface area contributed by atoms with E-state index in [0.29, 0.717) is 21.7 Å². The summed E-state index contributed by atoms with van der Waals surface area (Å²) >= 11 is 12.6. The highest BCUT2D eigenvalue weighted by Gasteiger charge is 2.40. The summed E-state index contributed by atoms with van der Waals surface area (Å²) in [6.45, 7) is 6.01. The molecule has 2 atom stereocenters. The van der Waals surface area contributed by atoms with Crippen LogP contribution in [0.2, 0.25) is 10.0 Å². The summed E-state index contributed by atoms with van der Waals surface area (Å²) in [6.07, 6.45) is 2.17. The van der Waals surface area contributed by atoms with Gasteiger partial charge in [-0.2, -0.15) is 5.10 Å². The number of halogens is 2. The third-order valence-corrected chi connectivity index (χ3v) is 6.54. The number of hydrogen-bond acceptors (Lipinski definition) is 4. The Morgan fingerprint density at radius 3 is 2.37 bits per heavy atom. The number of rotatable bonds is 4. The fourth-order valence-electron chi connectivity index (χ4n) is 4.14. The number of carbonyl (C=O) groups excluding carboxylic acids is 1. The van der Waals surface area contributed by atoms with Crippen LogP contribution in [0.1, 0.15) is 38.3 Å². The molecule has 2 aromatic rings. The Morgan fingerprint density at radius 2 is 1.70 bits per heavy atom. The van der Waals surface area contributed by atoms with Crippen LogP contribution >= 0.6 is 23.2 Å². The molecule has 0 bridgehead atoms. The van der Waals surface area contributed by atoms with Gasteiger partial charge in [-0.15, -0.1) is 0 Å². The molecule has 1 amide bonds. The monoisotopic (exact) mass is 444 g/mol. The highest BCUT2D eigenvalue weighted by molar-refractivity contribution is 6.40. The van der Waals surface area contributed by atoms with Crippen LogP contribution in [0.3, 0.4) is 0 Å². The maximum atomic E-state index is 13.1. The molecule has 2 aliphatic rings. The van der Waals surface area contributed by atoms with E-state index in [-0.39, 0.29) is 17.9 Å². The van der Waals surface area contributed by atoms with Gasteiger partial charge < -0.3 is 0 Å². The lowest BCUT2D eigenvalue weighted by Crippen LogP contribution is -2.49. The van der Waals surface area contributed by atoms with Gasteiger partial charge in [-0.1, -0.05) is 61.3 Å². The van der Waals surface area contributed by atoms with Crippen LogP contribution in [0.15, 0.2) is 53.6 Å². The molecule has 4 rings (SSSR count). The second kappa shape index (κ2) is 8.96. The summed E-state index contributed by atoms with van der Waals surface area (Å²) < 4.78 is 0. The lowest BCUT2D eigenvalue weighted by molar-refractivity contribution is -0.120. The first kappa shape index (κ1) is 21.2. The van der Waals surface area contributed by atoms with Gasteiger partial charge in [0.15, 0.2) is 0 Å². The lowest BCUT2D eigenvalue weighted by Gasteiger charge is -2.30. The molecule has 0 radical (unpaired) electrons. The number of nitrogens with one attached hydrogen (secondary N) is 1. The van der Waals surface area contributed by atoms with Crippen LogP contribution in [-0.2, 0) is 4.79 Å². The minimum absolute atomic E-state index is 0.119. The van der Waals surface area contributed by atoms with Crippen molar-refractivity contribution < 1.29 is 4.79 Å². The van der Waals surface area contributed by atoms with Crippen LogP contribution in [0.5, 0.6) is 0 Å². The van der Waals surface area contributed by atoms with Gasteiger partial charge in [0.1, 0.15) is 5.71 Å². The van der Waals surface area contributed by atoms with E-state index in [1.54, 1.807) is 0 Å². The van der Waals surface area contributed by atoms with Gasteiger partial charge in [0, 0.05) is 24.0 Å². The largest absolute Gasteiger partial charge is 0.284 e. The number of para-hydroxylation sites is 1. The van der Waals surface area contributed by atoms with Gasteiger partial charge in [-0.3, -0.25) is 15.2 Å². The van der Waals surface area contributed by atoms with Crippen molar-refractivity contribution in [2.45, 2.75) is 32.7 Å². The third-order valence-electron chi connectivity index (χ3n) is 5.97. The average molecular weight is 445 g/mol. The maximum Gasteiger partial charge on any atom is 0.282 e. The molecule has 0 spiro atoms. The second-order valence-corrected chi connectivity index (χ2v) is 9.02. The zero-order valence-corrected chi connectivity index (χ0v) is 18.7. The van der Waals surface area contributed by atoms with Gasteiger partial charge >= 0.3 is 0 Å². The first-order valence-electron chi connectivity index (χ1n) is 10.4. The van der Waals surface area contributed by atoms with Crippen molar-refractivity contribution in [2.24, 2.45) is 16.9 Å². The SMILES string of the molecule is CC1CCN(NC(=O)C2=NN(c3ccccc3Cl)C(c3ccc(Cl)cc3)C2C)CC1. The first-order valence-corrected chi connectivity index (χ1v) is 11.1. The van der Waals surface area contributed by atoms with Crippen LogP contribution < -0.4 is 10.4 Å². The summed E-state index contributed by atoms with van der Waals surface area (Å²) in [5, 5.41) is 9.90. The fraction of sp³-hybridized carbons (Fsp3) is 0.391. The quantitative estimate of drug-likeness (QED) is 0.694. The molecule has 1 N–H and O–H groups in total. The molecule has 0 saturated carbocycles. The normalized spacial score (nSPS) is 22.8. The first-order chi connectivity index (χ1) is 14.4. The number of hydrazine groups is 1. The van der Waals surface area contributed by atoms with Crippen LogP contribution in [0, 0.1) is 11.8 Å². The van der Waals surface area contributed by atoms with Crippen molar-refractivity contribution in [1.82, 2.24) is 10.4 Å². The predicted octanol–water partition coefficient (Wildman–Crippen LogP) is 5.31. The summed E-state index contributed by atoms with van der Waals surface area (Å²) in [4.78, 5) is 13.1. The van der Waals surface area contributed by atoms with Crippen LogP contribution in [0.4, 0.5) is 5.69 Å². The van der Waals surface area contributed by atoms with E-state index >= 15 is 0 Å². The second-order valence-electron chi connectivity index (χ2n) is 8.18. The molecule has 7 heteroatoms. The van der Waals surface area contributed by atoms with Gasteiger partial charge in [0.25, 0.3) is 5.91 Å². The standard InChI is InChI=1S/C23H26Cl2N4O/c1-15-11-13-28(14-12-15)27-23(30)21-16(2)22(17-7-9-18(24)10-8-17)29(26-21)20-6-4-3-5-19(20)25/h3-10,15-16,22H,11-14H2,1-2H3,(H,27,30). The molecule has 2 unspecified atom stereocenters. The fourth-order valence-corrected chi connectivity index (χ4v) is 4.48. The van der Waals surface area contributed by atoms with Crippen molar-refractivity contribution in [3.63, 3.8) is 0 Å². The van der Waals surface area contributed by atoms with Crippen LogP contribution in [-0.4, -0.2) is 29.7 Å². The summed E-state index contributed by atoms with van der Waals surface area (Å²) in [5.74, 6) is 0.433. The Morgan fingerprint density at radius 1 is 1.03 bits per heavy atom. The molecule has 5 nitrogen and oxygen atoms in total. The van der Waals surface area contributed by atoms with Crippen molar-refractivity contribution in [2.75, 3.05) is 18.1 Å². The molecule has 158 valence electrons. The van der Waals surface area contributed by atoms with E-state index in [4.69, 9.17) is 28.3 Å². The minimum Gasteiger partial charge on any atom is -0.284 e. The molecule has 2 heterocycles. The van der Waals surface area contributed by atoms with Crippen molar-refractivity contribution in [1.29, 1.82) is 0 Å². The zero-order valence-electron chi connectivity index (χ0n) is 17.2. The minimum atomic E-state index is -0.149. The van der Waals surface area contributed by atoms with Gasteiger partial charge in [0.05, 0.1) is 16.8 Å². The molecular weight excluding hydrogens is 419 g/mol. The highest BCUT2D eigenvalue weighted by atomic mass is 35.5. The molecular formula is C23H26Cl2N4O. The summed E-state index contributed by atoms with van der Waals surface area (Å²) in [6, 6.07) is 15.1. The van der Waals surface area contributed by atoms with Crippen molar-refractivity contribution >= 4 is 40.5 Å². The van der Waals surface area contributed by atoms with E-state index in [9.17, 15) is 4.79 Å². The number of hydrogen-bond donors (Lipinski definition) is 1. The van der Waals surface area contributed by atoms with Crippen molar-refractivity contribution in [3.05, 3.63) is 64.1 Å². The number of piperidine rings is 1. The van der Waals surface area contributed by atoms with E-state index in [2.05, 4.69) is 12.3 Å². The van der Waals surface area contributed by atoms with Crippen molar-refractivity contribution in [3.8, 4) is 0 Å². The lowest BCUT2D eigenvalue weighted by atomic mass is 9.91. The number of hydrazone groups is 1. The smallest absolute Gasteiger partial charge is 0.282 e. The molecule has 0 aromatic heterocycles. The molecule has 2 aromatic carbocycles. The average Bonchev–Trinajstić information content (AvgIpc) is 3.08. The van der Waals surface area contributed by atoms with E-state index in [0.717, 1.165) is 37.2 Å². The zero-order chi connectivity index (χ0) is 21.3. The Balaban J connectivity index is 1.63. The maximum absolute atomic E-state index is 13.1. The Labute approximate surface area is 187 Å². The Bertz CT molecular complexity index is 938. The topological polar surface area (TPSA) is 47.9 Å². The number of carbonyl (C=O) groups is 1. The molecule has 1 fully saturated rings. The van der Waals surface area contributed by atoms with E-state index in [1.165, 1.54) is 0 Å². The molecule has 30 heavy (non-hydrogen) atoms. The summed E-state index contributed by atoms with van der Waals surface area (Å²) in [7, 11) is 0. The molecule has 2 aliphatic heterocycles. The number of anilines is 1. The Hall–Kier alpha value is -2.08. The molecule has 0 aliphatic carbocycles. The predicted molar refractivity (Wildman–Crippen MR) is 123 cm³/mol. The number of nitrogens with zero attached hydrogens (tertiary/aromatic N) is 3. The van der Waals surface area contributed by atoms with E-state index in [1.807, 2.05) is 65.5 Å². The van der Waals surface area contributed by atoms with E-state index < -0.39 is 0 Å². The van der Waals surface area contributed by atoms with Gasteiger partial charge in [-0.25, -0.2) is 5.01 Å². The van der Waals surface area contributed by atoms with Gasteiger partial charge in [-0.05, 0) is 48.6 Å². The van der Waals surface area contributed by atoms with Crippen LogP contribution in [0.25, 0.3) is 0 Å². The number of amides is 1. The third kappa shape index (κ3) is 4.34. The van der Waals surface area contributed by atoms with Gasteiger partial charge in [0.2, 0.25) is 0 Å². The Kier molecular flexibility index (Phi) is 6.32. The number of benzene rings is 2. The molecule has 1 saturated heterocycles. The highest BCUT2D eigenvalue weighted by Crippen LogP contribution is 2.41. The summed E-state index contributed by atoms with van der Waals surface area (Å²) in [5.41, 5.74) is 5.38.